The minimum Gasteiger partial charge on any atom is -0.482 e. The molecule has 224 valence electrons. The number of fused-ring (bicyclic) bond motifs is 1. The predicted molar refractivity (Wildman–Crippen MR) is 176 cm³/mol. The molecule has 0 bridgehead atoms. The SMILES string of the molecule is O=C(O)COc1ccc(N2CCC(c3c4cc(C(c5ccc(Cl)cc5)c5ccc(Cl)cc5)ccc4nn3C3CC3)CC2)cc1. The molecule has 1 N–H and O–H groups in total. The monoisotopic (exact) mass is 625 g/mol. The zero-order valence-electron chi connectivity index (χ0n) is 24.2. The molecule has 8 heteroatoms. The first-order valence-electron chi connectivity index (χ1n) is 15.2. The molecule has 7 rings (SSSR count). The molecule has 2 heterocycles. The third-order valence-electron chi connectivity index (χ3n) is 8.84. The summed E-state index contributed by atoms with van der Waals surface area (Å²) in [5.74, 6) is 0.0361. The number of hydrogen-bond acceptors (Lipinski definition) is 4. The lowest BCUT2D eigenvalue weighted by Crippen LogP contribution is -2.33. The average molecular weight is 627 g/mol. The Hall–Kier alpha value is -4.00. The van der Waals surface area contributed by atoms with Crippen molar-refractivity contribution in [1.29, 1.82) is 0 Å². The van der Waals surface area contributed by atoms with Crippen LogP contribution in [0.3, 0.4) is 0 Å². The highest BCUT2D eigenvalue weighted by atomic mass is 35.5. The van der Waals surface area contributed by atoms with E-state index in [9.17, 15) is 4.79 Å². The molecule has 1 aliphatic heterocycles. The largest absolute Gasteiger partial charge is 0.482 e. The molecule has 4 aromatic carbocycles. The van der Waals surface area contributed by atoms with Crippen LogP contribution < -0.4 is 9.64 Å². The molecule has 0 spiro atoms. The van der Waals surface area contributed by atoms with E-state index in [1.165, 1.54) is 40.6 Å². The third-order valence-corrected chi connectivity index (χ3v) is 9.34. The summed E-state index contributed by atoms with van der Waals surface area (Å²) < 4.78 is 7.65. The second-order valence-electron chi connectivity index (χ2n) is 11.8. The average Bonchev–Trinajstić information content (AvgIpc) is 3.82. The lowest BCUT2D eigenvalue weighted by atomic mass is 9.84. The van der Waals surface area contributed by atoms with Crippen molar-refractivity contribution in [3.05, 3.63) is 123 Å². The predicted octanol–water partition coefficient (Wildman–Crippen LogP) is 8.71. The molecule has 1 aromatic heterocycles. The van der Waals surface area contributed by atoms with Crippen molar-refractivity contribution in [3.63, 3.8) is 0 Å². The zero-order valence-corrected chi connectivity index (χ0v) is 25.7. The Bertz CT molecular complexity index is 1730. The van der Waals surface area contributed by atoms with E-state index in [-0.39, 0.29) is 12.5 Å². The number of halogens is 2. The van der Waals surface area contributed by atoms with Crippen LogP contribution in [0.4, 0.5) is 5.69 Å². The fraction of sp³-hybridized carbons (Fsp3) is 0.278. The van der Waals surface area contributed by atoms with Gasteiger partial charge in [0.25, 0.3) is 0 Å². The molecular formula is C36H33Cl2N3O3. The summed E-state index contributed by atoms with van der Waals surface area (Å²) in [6.07, 6.45) is 4.43. The number of aromatic nitrogens is 2. The molecule has 0 unspecified atom stereocenters. The highest BCUT2D eigenvalue weighted by molar-refractivity contribution is 6.30. The minimum absolute atomic E-state index is 0.0374. The molecule has 6 nitrogen and oxygen atoms in total. The molecule has 0 amide bonds. The van der Waals surface area contributed by atoms with Gasteiger partial charge in [0, 0.05) is 51.7 Å². The van der Waals surface area contributed by atoms with E-state index in [0.717, 1.165) is 47.2 Å². The number of carboxylic acids is 1. The lowest BCUT2D eigenvalue weighted by Gasteiger charge is -2.34. The Morgan fingerprint density at radius 2 is 1.41 bits per heavy atom. The molecule has 44 heavy (non-hydrogen) atoms. The van der Waals surface area contributed by atoms with Crippen molar-refractivity contribution < 1.29 is 14.6 Å². The summed E-state index contributed by atoms with van der Waals surface area (Å²) in [6.45, 7) is 1.54. The van der Waals surface area contributed by atoms with Gasteiger partial charge in [0.05, 0.1) is 11.6 Å². The molecular weight excluding hydrogens is 593 g/mol. The Kier molecular flexibility index (Phi) is 7.96. The van der Waals surface area contributed by atoms with Crippen molar-refractivity contribution in [1.82, 2.24) is 9.78 Å². The van der Waals surface area contributed by atoms with Crippen LogP contribution in [-0.4, -0.2) is 40.6 Å². The maximum absolute atomic E-state index is 10.8. The van der Waals surface area contributed by atoms with E-state index in [0.29, 0.717) is 17.7 Å². The number of rotatable bonds is 9. The van der Waals surface area contributed by atoms with E-state index in [2.05, 4.69) is 52.0 Å². The Morgan fingerprint density at radius 1 is 0.818 bits per heavy atom. The van der Waals surface area contributed by atoms with Crippen LogP contribution in [0.15, 0.2) is 91.0 Å². The van der Waals surface area contributed by atoms with Gasteiger partial charge in [-0.3, -0.25) is 4.68 Å². The number of anilines is 1. The summed E-state index contributed by atoms with van der Waals surface area (Å²) in [7, 11) is 0. The molecule has 0 radical (unpaired) electrons. The number of aliphatic carboxylic acids is 1. The number of ether oxygens (including phenoxy) is 1. The molecule has 1 aliphatic carbocycles. The van der Waals surface area contributed by atoms with Gasteiger partial charge >= 0.3 is 5.97 Å². The summed E-state index contributed by atoms with van der Waals surface area (Å²) >= 11 is 12.5. The molecule has 5 aromatic rings. The number of carbonyl (C=O) groups is 1. The standard InChI is InChI=1S/C36H33Cl2N3O3/c37-27-6-1-23(2-7-27)35(24-3-8-28(38)9-4-24)26-5-16-33-32(21-26)36(41(39-33)30-10-11-30)25-17-19-40(20-18-25)29-12-14-31(15-13-29)44-22-34(42)43/h1-9,12-16,21,25,30,35H,10-11,17-20,22H2,(H,42,43). The summed E-state index contributed by atoms with van der Waals surface area (Å²) in [4.78, 5) is 13.2. The summed E-state index contributed by atoms with van der Waals surface area (Å²) in [5.41, 5.74) is 7.14. The number of carboxylic acid groups (broad SMARTS) is 1. The lowest BCUT2D eigenvalue weighted by molar-refractivity contribution is -0.139. The van der Waals surface area contributed by atoms with E-state index in [1.54, 1.807) is 0 Å². The number of piperidine rings is 1. The van der Waals surface area contributed by atoms with Gasteiger partial charge < -0.3 is 14.7 Å². The first-order valence-corrected chi connectivity index (χ1v) is 15.9. The summed E-state index contributed by atoms with van der Waals surface area (Å²) in [6, 6.07) is 31.3. The fourth-order valence-electron chi connectivity index (χ4n) is 6.52. The van der Waals surface area contributed by atoms with Gasteiger partial charge in [0.15, 0.2) is 6.61 Å². The van der Waals surface area contributed by atoms with E-state index in [4.69, 9.17) is 38.1 Å². The van der Waals surface area contributed by atoms with Crippen LogP contribution in [0, 0.1) is 0 Å². The first kappa shape index (κ1) is 28.8. The third kappa shape index (κ3) is 6.01. The first-order chi connectivity index (χ1) is 21.4. The van der Waals surface area contributed by atoms with Crippen LogP contribution in [0.2, 0.25) is 10.0 Å². The second-order valence-corrected chi connectivity index (χ2v) is 12.7. The Balaban J connectivity index is 1.19. The van der Waals surface area contributed by atoms with Gasteiger partial charge in [0.2, 0.25) is 0 Å². The van der Waals surface area contributed by atoms with Crippen molar-refractivity contribution in [2.75, 3.05) is 24.6 Å². The Morgan fingerprint density at radius 3 is 1.98 bits per heavy atom. The fourth-order valence-corrected chi connectivity index (χ4v) is 6.77. The molecule has 1 saturated heterocycles. The van der Waals surface area contributed by atoms with E-state index in [1.807, 2.05) is 48.5 Å². The minimum atomic E-state index is -0.980. The van der Waals surface area contributed by atoms with Crippen LogP contribution >= 0.6 is 23.2 Å². The molecule has 1 saturated carbocycles. The maximum atomic E-state index is 10.8. The van der Waals surface area contributed by atoms with Crippen LogP contribution in [0.5, 0.6) is 5.75 Å². The van der Waals surface area contributed by atoms with Crippen molar-refractivity contribution in [3.8, 4) is 5.75 Å². The smallest absolute Gasteiger partial charge is 0.341 e. The zero-order chi connectivity index (χ0) is 30.2. The summed E-state index contributed by atoms with van der Waals surface area (Å²) in [5, 5.41) is 16.7. The van der Waals surface area contributed by atoms with Crippen molar-refractivity contribution >= 4 is 45.8 Å². The topological polar surface area (TPSA) is 67.6 Å². The van der Waals surface area contributed by atoms with Crippen molar-refractivity contribution in [2.45, 2.75) is 43.6 Å². The number of hydrogen-bond donors (Lipinski definition) is 1. The molecule has 0 atom stereocenters. The normalized spacial score (nSPS) is 15.7. The van der Waals surface area contributed by atoms with Gasteiger partial charge in [-0.25, -0.2) is 4.79 Å². The molecule has 2 fully saturated rings. The number of benzene rings is 4. The van der Waals surface area contributed by atoms with Crippen LogP contribution in [-0.2, 0) is 4.79 Å². The van der Waals surface area contributed by atoms with Gasteiger partial charge in [-0.15, -0.1) is 0 Å². The quantitative estimate of drug-likeness (QED) is 0.166. The van der Waals surface area contributed by atoms with E-state index < -0.39 is 5.97 Å². The van der Waals surface area contributed by atoms with Gasteiger partial charge in [-0.2, -0.15) is 5.10 Å². The highest BCUT2D eigenvalue weighted by Gasteiger charge is 2.33. The highest BCUT2D eigenvalue weighted by Crippen LogP contribution is 2.44. The van der Waals surface area contributed by atoms with Gasteiger partial charge in [-0.05, 0) is 103 Å². The Labute approximate surface area is 266 Å². The maximum Gasteiger partial charge on any atom is 0.341 e. The second kappa shape index (κ2) is 12.2. The van der Waals surface area contributed by atoms with Crippen LogP contribution in [0.1, 0.15) is 65.9 Å². The van der Waals surface area contributed by atoms with Crippen molar-refractivity contribution in [2.24, 2.45) is 0 Å². The van der Waals surface area contributed by atoms with E-state index >= 15 is 0 Å². The molecule has 2 aliphatic rings. The number of nitrogens with zero attached hydrogens (tertiary/aromatic N) is 3. The van der Waals surface area contributed by atoms with Gasteiger partial charge in [-0.1, -0.05) is 53.5 Å². The van der Waals surface area contributed by atoms with Gasteiger partial charge in [0.1, 0.15) is 5.75 Å². The van der Waals surface area contributed by atoms with Crippen LogP contribution in [0.25, 0.3) is 10.9 Å².